The van der Waals surface area contributed by atoms with E-state index in [1.54, 1.807) is 6.29 Å². The zero-order valence-corrected chi connectivity index (χ0v) is 4.96. The molecular formula is C5H9N2O2. The summed E-state index contributed by atoms with van der Waals surface area (Å²) in [7, 11) is 0. The summed E-state index contributed by atoms with van der Waals surface area (Å²) in [6, 6.07) is -0.669. The Hall–Kier alpha value is -0.900. The number of nitrogens with two attached hydrogens (primary N) is 2. The molecule has 4 nitrogen and oxygen atoms in total. The predicted molar refractivity (Wildman–Crippen MR) is 32.1 cm³/mol. The van der Waals surface area contributed by atoms with E-state index in [0.717, 1.165) is 0 Å². The Bertz CT molecular complexity index is 114. The van der Waals surface area contributed by atoms with Crippen molar-refractivity contribution in [1.82, 2.24) is 0 Å². The average Bonchev–Trinajstić information content (AvgIpc) is 1.83. The van der Waals surface area contributed by atoms with E-state index in [1.165, 1.54) is 0 Å². The SMILES string of the molecule is NC(=O)CC[C@H](N)[C]=O. The lowest BCUT2D eigenvalue weighted by Gasteiger charge is -1.97. The number of hydrogen-bond acceptors (Lipinski definition) is 3. The van der Waals surface area contributed by atoms with Gasteiger partial charge in [0.25, 0.3) is 0 Å². The molecule has 0 saturated heterocycles. The maximum absolute atomic E-state index is 10.1. The molecule has 0 aromatic rings. The maximum atomic E-state index is 10.1. The Kier molecular flexibility index (Phi) is 3.62. The van der Waals surface area contributed by atoms with Crippen LogP contribution in [0, 0.1) is 0 Å². The second-order valence-corrected chi connectivity index (χ2v) is 1.73. The van der Waals surface area contributed by atoms with E-state index < -0.39 is 11.9 Å². The van der Waals surface area contributed by atoms with Gasteiger partial charge in [-0.05, 0) is 6.42 Å². The summed E-state index contributed by atoms with van der Waals surface area (Å²) >= 11 is 0. The van der Waals surface area contributed by atoms with Crippen LogP contribution in [0.1, 0.15) is 12.8 Å². The van der Waals surface area contributed by atoms with Crippen molar-refractivity contribution >= 4 is 12.2 Å². The Morgan fingerprint density at radius 2 is 2.22 bits per heavy atom. The second-order valence-electron chi connectivity index (χ2n) is 1.73. The lowest BCUT2D eigenvalue weighted by atomic mass is 10.2. The molecule has 0 fully saturated rings. The minimum Gasteiger partial charge on any atom is -0.370 e. The first-order chi connectivity index (χ1) is 4.16. The zero-order valence-electron chi connectivity index (χ0n) is 4.96. The van der Waals surface area contributed by atoms with Crippen molar-refractivity contribution < 1.29 is 9.59 Å². The molecule has 0 unspecified atom stereocenters. The van der Waals surface area contributed by atoms with Crippen molar-refractivity contribution in [2.45, 2.75) is 18.9 Å². The Labute approximate surface area is 53.2 Å². The molecule has 4 heteroatoms. The summed E-state index contributed by atoms with van der Waals surface area (Å²) in [4.78, 5) is 19.8. The molecule has 1 atom stereocenters. The Balaban J connectivity index is 3.26. The summed E-state index contributed by atoms with van der Waals surface area (Å²) in [5.74, 6) is -0.444. The third-order valence-electron chi connectivity index (χ3n) is 0.853. The van der Waals surface area contributed by atoms with Gasteiger partial charge < -0.3 is 11.5 Å². The first-order valence-electron chi connectivity index (χ1n) is 2.58. The van der Waals surface area contributed by atoms with E-state index in [1.807, 2.05) is 0 Å². The molecule has 51 valence electrons. The molecule has 1 amide bonds. The first-order valence-corrected chi connectivity index (χ1v) is 2.58. The van der Waals surface area contributed by atoms with Crippen LogP contribution in [0.5, 0.6) is 0 Å². The van der Waals surface area contributed by atoms with Gasteiger partial charge in [-0.15, -0.1) is 0 Å². The van der Waals surface area contributed by atoms with E-state index in [2.05, 4.69) is 0 Å². The first kappa shape index (κ1) is 8.10. The van der Waals surface area contributed by atoms with Crippen molar-refractivity contribution in [2.75, 3.05) is 0 Å². The van der Waals surface area contributed by atoms with Gasteiger partial charge in [0, 0.05) is 6.42 Å². The fourth-order valence-electron chi connectivity index (χ4n) is 0.357. The summed E-state index contributed by atoms with van der Waals surface area (Å²) < 4.78 is 0. The zero-order chi connectivity index (χ0) is 7.28. The highest BCUT2D eigenvalue weighted by Gasteiger charge is 2.02. The number of carbonyl (C=O) groups is 1. The Morgan fingerprint density at radius 3 is 2.56 bits per heavy atom. The topological polar surface area (TPSA) is 86.2 Å². The molecular weight excluding hydrogens is 120 g/mol. The van der Waals surface area contributed by atoms with Gasteiger partial charge in [-0.25, -0.2) is 0 Å². The van der Waals surface area contributed by atoms with Crippen molar-refractivity contribution in [3.8, 4) is 0 Å². The molecule has 0 aliphatic carbocycles. The van der Waals surface area contributed by atoms with Crippen molar-refractivity contribution in [2.24, 2.45) is 11.5 Å². The number of amides is 1. The molecule has 9 heavy (non-hydrogen) atoms. The van der Waals surface area contributed by atoms with E-state index in [9.17, 15) is 9.59 Å². The minimum absolute atomic E-state index is 0.149. The quantitative estimate of drug-likeness (QED) is 0.494. The summed E-state index contributed by atoms with van der Waals surface area (Å²) in [6.07, 6.45) is 1.98. The van der Waals surface area contributed by atoms with Crippen LogP contribution in [0.25, 0.3) is 0 Å². The van der Waals surface area contributed by atoms with Gasteiger partial charge in [-0.1, -0.05) is 0 Å². The monoisotopic (exact) mass is 129 g/mol. The fourth-order valence-corrected chi connectivity index (χ4v) is 0.357. The van der Waals surface area contributed by atoms with Crippen LogP contribution in [0.4, 0.5) is 0 Å². The molecule has 4 N–H and O–H groups in total. The molecule has 0 aliphatic heterocycles. The van der Waals surface area contributed by atoms with Crippen LogP contribution in [0.15, 0.2) is 0 Å². The number of carbonyl (C=O) groups excluding carboxylic acids is 2. The van der Waals surface area contributed by atoms with Gasteiger partial charge in [-0.3, -0.25) is 9.59 Å². The van der Waals surface area contributed by atoms with Crippen molar-refractivity contribution in [3.63, 3.8) is 0 Å². The maximum Gasteiger partial charge on any atom is 0.217 e. The third-order valence-corrected chi connectivity index (χ3v) is 0.853. The van der Waals surface area contributed by atoms with E-state index >= 15 is 0 Å². The minimum atomic E-state index is -0.669. The van der Waals surface area contributed by atoms with Gasteiger partial charge in [0.2, 0.25) is 12.2 Å². The van der Waals surface area contributed by atoms with Gasteiger partial charge in [0.1, 0.15) is 0 Å². The van der Waals surface area contributed by atoms with E-state index in [0.29, 0.717) is 6.42 Å². The molecule has 0 aromatic carbocycles. The largest absolute Gasteiger partial charge is 0.370 e. The van der Waals surface area contributed by atoms with Crippen LogP contribution in [-0.4, -0.2) is 18.2 Å². The van der Waals surface area contributed by atoms with Crippen molar-refractivity contribution in [1.29, 1.82) is 0 Å². The highest BCUT2D eigenvalue weighted by atomic mass is 16.1. The van der Waals surface area contributed by atoms with Crippen LogP contribution in [0.2, 0.25) is 0 Å². The Morgan fingerprint density at radius 1 is 1.67 bits per heavy atom. The number of primary amides is 1. The second kappa shape index (κ2) is 4.03. The van der Waals surface area contributed by atoms with E-state index in [-0.39, 0.29) is 6.42 Å². The predicted octanol–water partition coefficient (Wildman–Crippen LogP) is -1.31. The smallest absolute Gasteiger partial charge is 0.217 e. The molecule has 0 rings (SSSR count). The van der Waals surface area contributed by atoms with Gasteiger partial charge in [0.05, 0.1) is 6.04 Å². The average molecular weight is 129 g/mol. The fraction of sp³-hybridized carbons (Fsp3) is 0.600. The van der Waals surface area contributed by atoms with Gasteiger partial charge in [0.15, 0.2) is 0 Å². The standard InChI is InChI=1S/C5H9N2O2/c6-4(3-8)1-2-5(7)9/h4H,1-2,6H2,(H2,7,9)/t4-/m0/s1. The molecule has 0 heterocycles. The summed E-state index contributed by atoms with van der Waals surface area (Å²) in [5.41, 5.74) is 9.86. The van der Waals surface area contributed by atoms with Crippen LogP contribution in [-0.2, 0) is 9.59 Å². The van der Waals surface area contributed by atoms with Crippen LogP contribution in [0.3, 0.4) is 0 Å². The highest BCUT2D eigenvalue weighted by molar-refractivity contribution is 5.74. The molecule has 0 bridgehead atoms. The molecule has 0 saturated carbocycles. The van der Waals surface area contributed by atoms with Gasteiger partial charge >= 0.3 is 0 Å². The normalized spacial score (nSPS) is 12.6. The highest BCUT2D eigenvalue weighted by Crippen LogP contribution is 1.88. The van der Waals surface area contributed by atoms with Crippen LogP contribution < -0.4 is 11.5 Å². The van der Waals surface area contributed by atoms with E-state index in [4.69, 9.17) is 11.5 Å². The summed E-state index contributed by atoms with van der Waals surface area (Å²) in [6.45, 7) is 0. The lowest BCUT2D eigenvalue weighted by molar-refractivity contribution is -0.118. The summed E-state index contributed by atoms with van der Waals surface area (Å²) in [5, 5.41) is 0. The number of rotatable bonds is 4. The molecule has 0 aliphatic rings. The lowest BCUT2D eigenvalue weighted by Crippen LogP contribution is -2.24. The third kappa shape index (κ3) is 4.96. The van der Waals surface area contributed by atoms with Crippen molar-refractivity contribution in [3.05, 3.63) is 0 Å². The molecule has 0 spiro atoms. The van der Waals surface area contributed by atoms with Gasteiger partial charge in [-0.2, -0.15) is 0 Å². The number of hydrogen-bond donors (Lipinski definition) is 2. The van der Waals surface area contributed by atoms with Crippen LogP contribution >= 0.6 is 0 Å². The molecule has 0 aromatic heterocycles. The molecule has 1 radical (unpaired) electrons.